The van der Waals surface area contributed by atoms with Gasteiger partial charge in [-0.2, -0.15) is 0 Å². The van der Waals surface area contributed by atoms with Gasteiger partial charge in [0.1, 0.15) is 36.4 Å². The molecular formula is C30H33NO6. The molecule has 0 aliphatic carbocycles. The van der Waals surface area contributed by atoms with Gasteiger partial charge in [-0.3, -0.25) is 4.79 Å². The third kappa shape index (κ3) is 6.77. The van der Waals surface area contributed by atoms with Crippen LogP contribution in [0.4, 0.5) is 0 Å². The molecule has 7 heteroatoms. The van der Waals surface area contributed by atoms with E-state index in [9.17, 15) is 4.79 Å². The van der Waals surface area contributed by atoms with Crippen LogP contribution in [0.25, 0.3) is 22.1 Å². The van der Waals surface area contributed by atoms with Gasteiger partial charge in [0.25, 0.3) is 0 Å². The second-order valence-corrected chi connectivity index (χ2v) is 8.94. The van der Waals surface area contributed by atoms with E-state index in [0.29, 0.717) is 32.1 Å². The van der Waals surface area contributed by atoms with E-state index in [1.165, 1.54) is 0 Å². The fraction of sp³-hybridized carbons (Fsp3) is 0.300. The number of ether oxygens (including phenoxy) is 4. The summed E-state index contributed by atoms with van der Waals surface area (Å²) >= 11 is 0. The molecule has 7 nitrogen and oxygen atoms in total. The van der Waals surface area contributed by atoms with Crippen molar-refractivity contribution in [3.05, 3.63) is 89.2 Å². The van der Waals surface area contributed by atoms with Gasteiger partial charge in [-0.05, 0) is 53.9 Å². The molecule has 4 aromatic rings. The van der Waals surface area contributed by atoms with Gasteiger partial charge in [-0.1, -0.05) is 36.4 Å². The topological polar surface area (TPSA) is 93.2 Å². The van der Waals surface area contributed by atoms with Gasteiger partial charge in [-0.15, -0.1) is 0 Å². The van der Waals surface area contributed by atoms with Crippen LogP contribution in [0, 0.1) is 0 Å². The van der Waals surface area contributed by atoms with Crippen molar-refractivity contribution in [1.29, 1.82) is 0 Å². The van der Waals surface area contributed by atoms with Gasteiger partial charge in [0.15, 0.2) is 0 Å². The molecule has 3 aromatic carbocycles. The van der Waals surface area contributed by atoms with Crippen molar-refractivity contribution in [1.82, 2.24) is 0 Å². The maximum absolute atomic E-state index is 12.4. The number of esters is 1. The smallest absolute Gasteiger partial charge is 0.310 e. The minimum atomic E-state index is -0.326. The van der Waals surface area contributed by atoms with Crippen LogP contribution in [0.1, 0.15) is 29.4 Å². The zero-order valence-electron chi connectivity index (χ0n) is 21.5. The highest BCUT2D eigenvalue weighted by Gasteiger charge is 2.16. The summed E-state index contributed by atoms with van der Waals surface area (Å²) in [6, 6.07) is 21.7. The number of benzene rings is 3. The quantitative estimate of drug-likeness (QED) is 0.259. The molecule has 1 atom stereocenters. The van der Waals surface area contributed by atoms with Gasteiger partial charge in [-0.25, -0.2) is 0 Å². The summed E-state index contributed by atoms with van der Waals surface area (Å²) in [7, 11) is 3.22. The van der Waals surface area contributed by atoms with Crippen molar-refractivity contribution in [2.75, 3.05) is 20.8 Å². The second-order valence-electron chi connectivity index (χ2n) is 8.94. The normalized spacial score (nSPS) is 12.0. The maximum Gasteiger partial charge on any atom is 0.310 e. The zero-order chi connectivity index (χ0) is 26.2. The van der Waals surface area contributed by atoms with Crippen molar-refractivity contribution in [2.45, 2.75) is 39.2 Å². The molecule has 0 saturated carbocycles. The first-order chi connectivity index (χ1) is 18.0. The van der Waals surface area contributed by atoms with E-state index in [0.717, 1.165) is 44.5 Å². The third-order valence-corrected chi connectivity index (χ3v) is 5.92. The fourth-order valence-electron chi connectivity index (χ4n) is 4.29. The lowest BCUT2D eigenvalue weighted by atomic mass is 9.99. The van der Waals surface area contributed by atoms with Crippen LogP contribution >= 0.6 is 0 Å². The molecule has 37 heavy (non-hydrogen) atoms. The van der Waals surface area contributed by atoms with Crippen LogP contribution in [0.3, 0.4) is 0 Å². The lowest BCUT2D eigenvalue weighted by Crippen LogP contribution is -2.21. The number of fused-ring (bicyclic) bond motifs is 1. The van der Waals surface area contributed by atoms with E-state index in [-0.39, 0.29) is 18.5 Å². The van der Waals surface area contributed by atoms with Crippen LogP contribution in [-0.2, 0) is 45.2 Å². The third-order valence-electron chi connectivity index (χ3n) is 5.92. The van der Waals surface area contributed by atoms with Crippen molar-refractivity contribution >= 4 is 16.9 Å². The Kier molecular flexibility index (Phi) is 8.95. The number of rotatable bonds is 12. The number of carbonyl (C=O) groups excluding carboxylic acids is 1. The molecule has 0 fully saturated rings. The number of carbonyl (C=O) groups is 1. The molecule has 0 amide bonds. The van der Waals surface area contributed by atoms with E-state index in [1.807, 2.05) is 48.5 Å². The van der Waals surface area contributed by atoms with E-state index in [1.54, 1.807) is 21.1 Å². The van der Waals surface area contributed by atoms with Gasteiger partial charge in [0.05, 0.1) is 13.0 Å². The molecule has 0 aliphatic heterocycles. The lowest BCUT2D eigenvalue weighted by Gasteiger charge is -2.15. The summed E-state index contributed by atoms with van der Waals surface area (Å²) < 4.78 is 28.1. The average molecular weight is 504 g/mol. The predicted octanol–water partition coefficient (Wildman–Crippen LogP) is 5.40. The van der Waals surface area contributed by atoms with E-state index in [2.05, 4.69) is 18.2 Å². The summed E-state index contributed by atoms with van der Waals surface area (Å²) in [6.07, 6.45) is -0.200. The Morgan fingerprint density at radius 2 is 1.78 bits per heavy atom. The fourth-order valence-corrected chi connectivity index (χ4v) is 4.29. The highest BCUT2D eigenvalue weighted by atomic mass is 16.6. The molecule has 0 aliphatic rings. The Balaban J connectivity index is 1.60. The Labute approximate surface area is 217 Å². The number of nitrogens with two attached hydrogens (primary N) is 1. The first-order valence-electron chi connectivity index (χ1n) is 12.2. The minimum absolute atomic E-state index is 0.114. The summed E-state index contributed by atoms with van der Waals surface area (Å²) in [6.45, 7) is 3.31. The van der Waals surface area contributed by atoms with Crippen LogP contribution in [0.2, 0.25) is 0 Å². The lowest BCUT2D eigenvalue weighted by molar-refractivity contribution is -0.149. The average Bonchev–Trinajstić information content (AvgIpc) is 3.30. The van der Waals surface area contributed by atoms with Gasteiger partial charge < -0.3 is 29.1 Å². The number of methoxy groups -OCH3 is 2. The first kappa shape index (κ1) is 26.4. The number of hydrogen-bond donors (Lipinski definition) is 1. The summed E-state index contributed by atoms with van der Waals surface area (Å²) in [4.78, 5) is 12.4. The number of furan rings is 1. The predicted molar refractivity (Wildman–Crippen MR) is 142 cm³/mol. The molecule has 0 spiro atoms. The zero-order valence-corrected chi connectivity index (χ0v) is 21.5. The molecule has 0 radical (unpaired) electrons. The van der Waals surface area contributed by atoms with Gasteiger partial charge in [0, 0.05) is 37.3 Å². The summed E-state index contributed by atoms with van der Waals surface area (Å²) in [5.74, 6) is 1.06. The van der Waals surface area contributed by atoms with Crippen molar-refractivity contribution < 1.29 is 28.2 Å². The van der Waals surface area contributed by atoms with Gasteiger partial charge in [0.2, 0.25) is 0 Å². The van der Waals surface area contributed by atoms with Crippen molar-refractivity contribution in [2.24, 2.45) is 5.73 Å². The molecule has 1 heterocycles. The van der Waals surface area contributed by atoms with E-state index < -0.39 is 0 Å². The van der Waals surface area contributed by atoms with Gasteiger partial charge >= 0.3 is 5.97 Å². The molecule has 4 rings (SSSR count). The monoisotopic (exact) mass is 503 g/mol. The minimum Gasteiger partial charge on any atom is -0.489 e. The Hall–Kier alpha value is -3.65. The van der Waals surface area contributed by atoms with E-state index >= 15 is 0 Å². The second kappa shape index (κ2) is 12.5. The van der Waals surface area contributed by atoms with Crippen LogP contribution in [0.15, 0.2) is 71.1 Å². The highest BCUT2D eigenvalue weighted by Crippen LogP contribution is 2.34. The Bertz CT molecular complexity index is 1350. The Morgan fingerprint density at radius 1 is 0.946 bits per heavy atom. The maximum atomic E-state index is 12.4. The van der Waals surface area contributed by atoms with Crippen molar-refractivity contribution in [3.8, 4) is 16.9 Å². The molecule has 194 valence electrons. The first-order valence-corrected chi connectivity index (χ1v) is 12.2. The molecule has 0 bridgehead atoms. The summed E-state index contributed by atoms with van der Waals surface area (Å²) in [5, 5.41) is 0.963. The Morgan fingerprint density at radius 3 is 2.57 bits per heavy atom. The van der Waals surface area contributed by atoms with Crippen molar-refractivity contribution in [3.63, 3.8) is 0 Å². The molecule has 2 N–H and O–H groups in total. The van der Waals surface area contributed by atoms with Crippen LogP contribution < -0.4 is 10.5 Å². The number of para-hydroxylation sites is 1. The summed E-state index contributed by atoms with van der Waals surface area (Å²) in [5.41, 5.74) is 11.4. The van der Waals surface area contributed by atoms with Crippen LogP contribution in [-0.4, -0.2) is 32.9 Å². The molecular weight excluding hydrogens is 470 g/mol. The number of hydrogen-bond acceptors (Lipinski definition) is 7. The molecule has 1 unspecified atom stereocenters. The standard InChI is InChI=1S/C30H33NO6/c1-20(17-33-2)36-29(32)15-24-8-4-5-10-28(24)35-18-22-12-25-14-26(19-34-3)37-30(25)27(13-22)23-9-6-7-21(11-23)16-31/h4-14,20H,15-19,31H2,1-3H3. The molecule has 1 aromatic heterocycles. The molecule has 0 saturated heterocycles. The van der Waals surface area contributed by atoms with Crippen LogP contribution in [0.5, 0.6) is 5.75 Å². The van der Waals surface area contributed by atoms with E-state index in [4.69, 9.17) is 29.1 Å². The largest absolute Gasteiger partial charge is 0.489 e. The SMILES string of the molecule is COCc1cc2cc(COc3ccccc3CC(=O)OC(C)COC)cc(-c3cccc(CN)c3)c2o1. The highest BCUT2D eigenvalue weighted by molar-refractivity contribution is 5.93.